The van der Waals surface area contributed by atoms with Crippen LogP contribution in [0.2, 0.25) is 0 Å². The van der Waals surface area contributed by atoms with Gasteiger partial charge >= 0.3 is 49.4 Å². The monoisotopic (exact) mass is 1110 g/mol. The molecular formula is C38H26F24N2O3S3. The fraction of sp³-hybridized carbons (Fsp3) is 0.316. The van der Waals surface area contributed by atoms with Gasteiger partial charge in [-0.15, -0.1) is 12.6 Å². The lowest BCUT2D eigenvalue weighted by atomic mass is 10.1. The van der Waals surface area contributed by atoms with Crippen LogP contribution in [0.15, 0.2) is 82.6 Å². The molecule has 70 heavy (non-hydrogen) atoms. The second-order valence-electron chi connectivity index (χ2n) is 13.4. The molecule has 4 aromatic rings. The molecule has 4 rings (SSSR count). The summed E-state index contributed by atoms with van der Waals surface area (Å²) in [6.07, 6.45) is -39.2. The van der Waals surface area contributed by atoms with Crippen LogP contribution in [-0.4, -0.2) is 53.5 Å². The van der Waals surface area contributed by atoms with E-state index >= 15 is 0 Å². The highest BCUT2D eigenvalue weighted by Crippen LogP contribution is 2.44. The van der Waals surface area contributed by atoms with Crippen LogP contribution >= 0.6 is 36.6 Å². The smallest absolute Gasteiger partial charge is 0.420 e. The van der Waals surface area contributed by atoms with Gasteiger partial charge in [0.25, 0.3) is 10.4 Å². The van der Waals surface area contributed by atoms with Crippen molar-refractivity contribution in [3.05, 3.63) is 117 Å². The molecule has 0 bridgehead atoms. The van der Waals surface area contributed by atoms with Crippen molar-refractivity contribution in [3.8, 4) is 11.5 Å². The van der Waals surface area contributed by atoms with E-state index in [1.54, 1.807) is 0 Å². The molecule has 0 saturated heterocycles. The Morgan fingerprint density at radius 1 is 0.471 bits per heavy atom. The van der Waals surface area contributed by atoms with E-state index in [1.165, 1.54) is 33.1 Å². The van der Waals surface area contributed by atoms with Gasteiger partial charge in [0, 0.05) is 38.0 Å². The number of benzene rings is 4. The lowest BCUT2D eigenvalue weighted by molar-refractivity contribution is -0.146. The number of amides is 1. The Morgan fingerprint density at radius 2 is 0.800 bits per heavy atom. The van der Waals surface area contributed by atoms with Gasteiger partial charge in [0.15, 0.2) is 0 Å². The third-order valence-corrected chi connectivity index (χ3v) is 9.56. The summed E-state index contributed by atoms with van der Waals surface area (Å²) in [4.78, 5) is 12.5. The maximum absolute atomic E-state index is 12.8. The van der Waals surface area contributed by atoms with E-state index in [2.05, 4.69) is 24.8 Å². The summed E-state index contributed by atoms with van der Waals surface area (Å²) in [6.45, 7) is 0. The molecule has 1 amide bonds. The van der Waals surface area contributed by atoms with E-state index in [0.717, 1.165) is 4.90 Å². The SMILES string of the molecule is CN(C)C(=O)Sc1ccc(C(F)(F)F)cc1C(F)(F)F.CN(C)C(=S)Oc1ccc(C(F)(F)F)cc1C(F)(F)F.FC(F)(F)c1ccc(S)c(C(F)(F)F)c1.Oc1ccc(C(F)(F)F)cc1C(F)(F)F. The Morgan fingerprint density at radius 3 is 1.16 bits per heavy atom. The van der Waals surface area contributed by atoms with E-state index in [-0.39, 0.29) is 41.2 Å². The van der Waals surface area contributed by atoms with Crippen molar-refractivity contribution >= 4 is 47.0 Å². The van der Waals surface area contributed by atoms with Gasteiger partial charge in [0.05, 0.1) is 44.5 Å². The number of halogens is 24. The molecule has 0 unspecified atom stereocenters. The molecule has 0 radical (unpaired) electrons. The predicted molar refractivity (Wildman–Crippen MR) is 207 cm³/mol. The average Bonchev–Trinajstić information content (AvgIpc) is 3.15. The van der Waals surface area contributed by atoms with Gasteiger partial charge in [0.2, 0.25) is 0 Å². The van der Waals surface area contributed by atoms with E-state index in [9.17, 15) is 110 Å². The minimum Gasteiger partial charge on any atom is -0.507 e. The zero-order valence-corrected chi connectivity index (χ0v) is 36.9. The molecule has 0 heterocycles. The van der Waals surface area contributed by atoms with E-state index in [0.29, 0.717) is 48.5 Å². The number of alkyl halides is 24. The molecular weight excluding hydrogens is 1080 g/mol. The van der Waals surface area contributed by atoms with Crippen LogP contribution in [0.4, 0.5) is 110 Å². The number of aromatic hydroxyl groups is 1. The summed E-state index contributed by atoms with van der Waals surface area (Å²) in [5, 5.41) is 7.74. The quantitative estimate of drug-likeness (QED) is 0.0903. The molecule has 4 aromatic carbocycles. The largest absolute Gasteiger partial charge is 0.507 e. The summed E-state index contributed by atoms with van der Waals surface area (Å²) in [7, 11) is 5.51. The van der Waals surface area contributed by atoms with Crippen molar-refractivity contribution in [3.63, 3.8) is 0 Å². The molecule has 32 heteroatoms. The van der Waals surface area contributed by atoms with Crippen molar-refractivity contribution < 1.29 is 120 Å². The van der Waals surface area contributed by atoms with Gasteiger partial charge in [-0.2, -0.15) is 105 Å². The third-order valence-electron chi connectivity index (χ3n) is 7.61. The summed E-state index contributed by atoms with van der Waals surface area (Å²) in [5.74, 6) is -2.00. The van der Waals surface area contributed by atoms with Crippen molar-refractivity contribution in [2.45, 2.75) is 59.2 Å². The third kappa shape index (κ3) is 19.6. The lowest BCUT2D eigenvalue weighted by Crippen LogP contribution is -2.26. The highest BCUT2D eigenvalue weighted by atomic mass is 32.2. The number of nitrogens with zero attached hydrogens (tertiary/aromatic N) is 2. The molecule has 0 fully saturated rings. The summed E-state index contributed by atoms with van der Waals surface area (Å²) >= 11 is 8.33. The molecule has 0 spiro atoms. The minimum atomic E-state index is -5.01. The van der Waals surface area contributed by atoms with Gasteiger partial charge in [-0.3, -0.25) is 4.79 Å². The van der Waals surface area contributed by atoms with Gasteiger partial charge in [-0.05, 0) is 96.8 Å². The predicted octanol–water partition coefficient (Wildman–Crippen LogP) is 15.9. The Hall–Kier alpha value is -5.14. The molecule has 0 aliphatic rings. The number of thiol groups is 1. The number of phenolic OH excluding ortho intramolecular Hbond substituents is 1. The number of hydrogen-bond acceptors (Lipinski definition) is 6. The maximum atomic E-state index is 12.8. The fourth-order valence-corrected chi connectivity index (χ4v) is 5.43. The minimum absolute atomic E-state index is 0.00523. The van der Waals surface area contributed by atoms with E-state index in [1.807, 2.05) is 0 Å². The van der Waals surface area contributed by atoms with Crippen LogP contribution in [0.25, 0.3) is 0 Å². The molecule has 1 N–H and O–H groups in total. The maximum Gasteiger partial charge on any atom is 0.420 e. The number of ether oxygens (including phenoxy) is 1. The highest BCUT2D eigenvalue weighted by molar-refractivity contribution is 8.13. The first kappa shape index (κ1) is 62.9. The fourth-order valence-electron chi connectivity index (χ4n) is 4.28. The zero-order valence-electron chi connectivity index (χ0n) is 34.4. The molecule has 5 nitrogen and oxygen atoms in total. The van der Waals surface area contributed by atoms with Gasteiger partial charge < -0.3 is 19.6 Å². The van der Waals surface area contributed by atoms with Crippen molar-refractivity contribution in [1.29, 1.82) is 0 Å². The molecule has 0 aromatic heterocycles. The van der Waals surface area contributed by atoms with Crippen LogP contribution in [0.5, 0.6) is 11.5 Å². The van der Waals surface area contributed by atoms with Gasteiger partial charge in [0.1, 0.15) is 11.5 Å². The number of rotatable bonds is 2. The average molecular weight is 1110 g/mol. The topological polar surface area (TPSA) is 53.0 Å². The van der Waals surface area contributed by atoms with E-state index in [4.69, 9.17) is 9.84 Å². The summed E-state index contributed by atoms with van der Waals surface area (Å²) in [5.41, 5.74) is -11.7. The lowest BCUT2D eigenvalue weighted by Gasteiger charge is -2.19. The second-order valence-corrected chi connectivity index (χ2v) is 15.2. The normalized spacial score (nSPS) is 12.6. The first-order chi connectivity index (χ1) is 31.1. The Balaban J connectivity index is 0.000000471. The number of thioether (sulfide) groups is 1. The highest BCUT2D eigenvalue weighted by Gasteiger charge is 2.42. The Labute approximate surface area is 392 Å². The standard InChI is InChI=1S/2C11H9F6NOS.C8H4F6O.C8H4F6S/c1-18(2)9(19)20-8-4-3-6(10(12,13)14)5-7(8)11(15,16)17;1-18(2)9(20)19-8-4-3-6(10(12,13)14)5-7(8)11(15,16)17;2*9-7(10,11)4-1-2-6(15)5(3-4)8(12,13)14/h2*3-5H,1-2H3;2*1-3,15H. The van der Waals surface area contributed by atoms with Crippen molar-refractivity contribution in [2.24, 2.45) is 0 Å². The van der Waals surface area contributed by atoms with E-state index < -0.39 is 120 Å². The van der Waals surface area contributed by atoms with Gasteiger partial charge in [-0.1, -0.05) is 0 Å². The Bertz CT molecular complexity index is 2250. The number of carbonyl (C=O) groups is 1. The number of phenols is 1. The van der Waals surface area contributed by atoms with Crippen LogP contribution in [0, 0.1) is 0 Å². The second kappa shape index (κ2) is 22.9. The Kier molecular flexibility index (Phi) is 20.6. The van der Waals surface area contributed by atoms with Crippen LogP contribution in [0.3, 0.4) is 0 Å². The number of thiocarbonyl (C=S) groups is 1. The molecule has 392 valence electrons. The zero-order chi connectivity index (χ0) is 55.1. The van der Waals surface area contributed by atoms with Gasteiger partial charge in [-0.25, -0.2) is 0 Å². The molecule has 0 aliphatic carbocycles. The molecule has 0 atom stereocenters. The number of carbonyl (C=O) groups excluding carboxylic acids is 1. The van der Waals surface area contributed by atoms with Crippen LogP contribution in [0.1, 0.15) is 44.5 Å². The number of hydrogen-bond donors (Lipinski definition) is 2. The van der Waals surface area contributed by atoms with Crippen molar-refractivity contribution in [1.82, 2.24) is 9.80 Å². The summed E-state index contributed by atoms with van der Waals surface area (Å²) in [6, 6.07) is 4.15. The first-order valence-electron chi connectivity index (χ1n) is 17.4. The first-order valence-corrected chi connectivity index (χ1v) is 19.1. The van der Waals surface area contributed by atoms with Crippen molar-refractivity contribution in [2.75, 3.05) is 28.2 Å². The molecule has 0 aliphatic heterocycles. The van der Waals surface area contributed by atoms with Crippen LogP contribution < -0.4 is 4.74 Å². The molecule has 0 saturated carbocycles. The van der Waals surface area contributed by atoms with Crippen LogP contribution in [-0.2, 0) is 49.4 Å². The summed E-state index contributed by atoms with van der Waals surface area (Å²) < 4.78 is 301.